The van der Waals surface area contributed by atoms with Gasteiger partial charge in [0, 0.05) is 11.6 Å². The van der Waals surface area contributed by atoms with Crippen LogP contribution in [0.5, 0.6) is 0 Å². The maximum absolute atomic E-state index is 5.79. The van der Waals surface area contributed by atoms with Crippen molar-refractivity contribution in [2.24, 2.45) is 0 Å². The fourth-order valence-corrected chi connectivity index (χ4v) is 2.01. The molecule has 0 atom stereocenters. The average molecular weight is 248 g/mol. The lowest BCUT2D eigenvalue weighted by Gasteiger charge is -2.24. The summed E-state index contributed by atoms with van der Waals surface area (Å²) in [6.45, 7) is 0. The minimum Gasteiger partial charge on any atom is -0.227 e. The third-order valence-electron chi connectivity index (χ3n) is 2.21. The molecule has 0 aliphatic heterocycles. The van der Waals surface area contributed by atoms with Crippen molar-refractivity contribution >= 4 is 27.5 Å². The van der Waals surface area contributed by atoms with Gasteiger partial charge in [-0.2, -0.15) is 0 Å². The van der Waals surface area contributed by atoms with Gasteiger partial charge in [0.1, 0.15) is 5.15 Å². The van der Waals surface area contributed by atoms with Gasteiger partial charge in [-0.1, -0.05) is 18.0 Å². The average Bonchev–Trinajstić information content (AvgIpc) is 1.79. The Morgan fingerprint density at radius 3 is 2.67 bits per heavy atom. The summed E-state index contributed by atoms with van der Waals surface area (Å²) in [5, 5.41) is 0.527. The first-order chi connectivity index (χ1) is 5.75. The molecule has 0 bridgehead atoms. The number of hydrogen-bond acceptors (Lipinski definition) is 2. The van der Waals surface area contributed by atoms with E-state index in [4.69, 9.17) is 11.6 Å². The SMILES string of the molecule is Clc1cc(C2CCC2)nc(Br)n1. The van der Waals surface area contributed by atoms with E-state index < -0.39 is 0 Å². The van der Waals surface area contributed by atoms with Crippen LogP contribution in [0.2, 0.25) is 5.15 Å². The van der Waals surface area contributed by atoms with E-state index in [0.29, 0.717) is 15.8 Å². The molecule has 0 radical (unpaired) electrons. The molecule has 0 aromatic carbocycles. The topological polar surface area (TPSA) is 25.8 Å². The molecule has 2 rings (SSSR count). The van der Waals surface area contributed by atoms with Crippen molar-refractivity contribution in [1.82, 2.24) is 9.97 Å². The maximum Gasteiger partial charge on any atom is 0.198 e. The first-order valence-corrected chi connectivity index (χ1v) is 5.13. The zero-order chi connectivity index (χ0) is 8.55. The molecule has 1 saturated carbocycles. The summed E-state index contributed by atoms with van der Waals surface area (Å²) in [7, 11) is 0. The molecule has 1 aromatic heterocycles. The lowest BCUT2D eigenvalue weighted by Crippen LogP contribution is -2.11. The van der Waals surface area contributed by atoms with Crippen LogP contribution in [0.1, 0.15) is 30.9 Å². The quantitative estimate of drug-likeness (QED) is 0.563. The van der Waals surface area contributed by atoms with E-state index in [2.05, 4.69) is 25.9 Å². The van der Waals surface area contributed by atoms with Crippen LogP contribution in [0.25, 0.3) is 0 Å². The van der Waals surface area contributed by atoms with Crippen molar-refractivity contribution in [3.05, 3.63) is 21.6 Å². The number of nitrogens with zero attached hydrogens (tertiary/aromatic N) is 2. The van der Waals surface area contributed by atoms with E-state index >= 15 is 0 Å². The molecular formula is C8H8BrClN2. The van der Waals surface area contributed by atoms with Gasteiger partial charge in [0.15, 0.2) is 4.73 Å². The highest BCUT2D eigenvalue weighted by atomic mass is 79.9. The number of rotatable bonds is 1. The Balaban J connectivity index is 2.30. The smallest absolute Gasteiger partial charge is 0.198 e. The molecule has 1 aliphatic rings. The molecule has 12 heavy (non-hydrogen) atoms. The first-order valence-electron chi connectivity index (χ1n) is 3.95. The largest absolute Gasteiger partial charge is 0.227 e. The van der Waals surface area contributed by atoms with Gasteiger partial charge in [0.2, 0.25) is 0 Å². The molecule has 0 saturated heterocycles. The predicted molar refractivity (Wildman–Crippen MR) is 51.3 cm³/mol. The predicted octanol–water partition coefficient (Wildman–Crippen LogP) is 3.16. The van der Waals surface area contributed by atoms with E-state index in [-0.39, 0.29) is 0 Å². The normalized spacial score (nSPS) is 17.5. The second-order valence-corrected chi connectivity index (χ2v) is 4.11. The Hall–Kier alpha value is -0.150. The van der Waals surface area contributed by atoms with Crippen molar-refractivity contribution in [2.45, 2.75) is 25.2 Å². The van der Waals surface area contributed by atoms with E-state index in [1.54, 1.807) is 0 Å². The molecule has 0 amide bonds. The van der Waals surface area contributed by atoms with Crippen LogP contribution in [-0.4, -0.2) is 9.97 Å². The number of aromatic nitrogens is 2. The summed E-state index contributed by atoms with van der Waals surface area (Å²) < 4.78 is 0.594. The molecule has 0 N–H and O–H groups in total. The summed E-state index contributed by atoms with van der Waals surface area (Å²) in [5.74, 6) is 0.613. The lowest BCUT2D eigenvalue weighted by molar-refractivity contribution is 0.410. The third-order valence-corrected chi connectivity index (χ3v) is 2.76. The van der Waals surface area contributed by atoms with Gasteiger partial charge in [0.05, 0.1) is 0 Å². The van der Waals surface area contributed by atoms with Crippen LogP contribution in [0.4, 0.5) is 0 Å². The first kappa shape index (κ1) is 8.45. The molecule has 0 spiro atoms. The Labute approximate surface area is 84.5 Å². The van der Waals surface area contributed by atoms with Crippen LogP contribution >= 0.6 is 27.5 Å². The van der Waals surface area contributed by atoms with Gasteiger partial charge >= 0.3 is 0 Å². The van der Waals surface area contributed by atoms with Gasteiger partial charge in [-0.3, -0.25) is 0 Å². The molecule has 1 heterocycles. The van der Waals surface area contributed by atoms with E-state index in [1.165, 1.54) is 19.3 Å². The zero-order valence-corrected chi connectivity index (χ0v) is 8.77. The molecule has 1 aliphatic carbocycles. The minimum atomic E-state index is 0.527. The second kappa shape index (κ2) is 3.30. The highest BCUT2D eigenvalue weighted by Crippen LogP contribution is 2.36. The summed E-state index contributed by atoms with van der Waals surface area (Å²) >= 11 is 9.02. The van der Waals surface area contributed by atoms with Crippen LogP contribution in [0, 0.1) is 0 Å². The fraction of sp³-hybridized carbons (Fsp3) is 0.500. The standard InChI is InChI=1S/C8H8BrClN2/c9-8-11-6(4-7(10)12-8)5-2-1-3-5/h4-5H,1-3H2. The molecule has 1 aromatic rings. The van der Waals surface area contributed by atoms with Crippen LogP contribution in [0.15, 0.2) is 10.8 Å². The van der Waals surface area contributed by atoms with Crippen LogP contribution in [0.3, 0.4) is 0 Å². The molecular weight excluding hydrogens is 239 g/mol. The Bertz CT molecular complexity index is 279. The molecule has 2 nitrogen and oxygen atoms in total. The Kier molecular flexibility index (Phi) is 2.33. The van der Waals surface area contributed by atoms with E-state index in [0.717, 1.165) is 5.69 Å². The Morgan fingerprint density at radius 1 is 1.42 bits per heavy atom. The van der Waals surface area contributed by atoms with Crippen LogP contribution < -0.4 is 0 Å². The van der Waals surface area contributed by atoms with Crippen molar-refractivity contribution in [1.29, 1.82) is 0 Å². The third kappa shape index (κ3) is 1.62. The van der Waals surface area contributed by atoms with E-state index in [1.807, 2.05) is 6.07 Å². The molecule has 1 fully saturated rings. The minimum absolute atomic E-state index is 0.527. The van der Waals surface area contributed by atoms with Gasteiger partial charge in [-0.15, -0.1) is 0 Å². The summed E-state index contributed by atoms with van der Waals surface area (Å²) in [5.41, 5.74) is 1.08. The highest BCUT2D eigenvalue weighted by Gasteiger charge is 2.21. The van der Waals surface area contributed by atoms with Crippen LogP contribution in [-0.2, 0) is 0 Å². The number of hydrogen-bond donors (Lipinski definition) is 0. The highest BCUT2D eigenvalue weighted by molar-refractivity contribution is 9.10. The van der Waals surface area contributed by atoms with Crippen molar-refractivity contribution in [3.63, 3.8) is 0 Å². The summed E-state index contributed by atoms with van der Waals surface area (Å²) in [6, 6.07) is 1.86. The van der Waals surface area contributed by atoms with Gasteiger partial charge in [-0.05, 0) is 34.8 Å². The fourth-order valence-electron chi connectivity index (χ4n) is 1.32. The monoisotopic (exact) mass is 246 g/mol. The molecule has 0 unspecified atom stereocenters. The van der Waals surface area contributed by atoms with Gasteiger partial charge in [0.25, 0.3) is 0 Å². The van der Waals surface area contributed by atoms with Crippen molar-refractivity contribution in [3.8, 4) is 0 Å². The van der Waals surface area contributed by atoms with Gasteiger partial charge < -0.3 is 0 Å². The van der Waals surface area contributed by atoms with Crippen molar-refractivity contribution < 1.29 is 0 Å². The van der Waals surface area contributed by atoms with Gasteiger partial charge in [-0.25, -0.2) is 9.97 Å². The summed E-state index contributed by atoms with van der Waals surface area (Å²) in [6.07, 6.45) is 3.78. The van der Waals surface area contributed by atoms with Crippen molar-refractivity contribution in [2.75, 3.05) is 0 Å². The Morgan fingerprint density at radius 2 is 2.17 bits per heavy atom. The molecule has 64 valence electrons. The summed E-state index contributed by atoms with van der Waals surface area (Å²) in [4.78, 5) is 8.22. The number of halogens is 2. The second-order valence-electron chi connectivity index (χ2n) is 3.01. The lowest BCUT2D eigenvalue weighted by atomic mass is 9.83. The maximum atomic E-state index is 5.79. The van der Waals surface area contributed by atoms with E-state index in [9.17, 15) is 0 Å². The molecule has 4 heteroatoms. The zero-order valence-electron chi connectivity index (χ0n) is 6.43.